The van der Waals surface area contributed by atoms with Crippen molar-refractivity contribution in [1.29, 1.82) is 0 Å². The largest absolute Gasteiger partial charge is 0.465 e. The Balaban J connectivity index is 2.28. The maximum atomic E-state index is 12.2. The highest BCUT2D eigenvalue weighted by molar-refractivity contribution is 7.92. The molecule has 6 nitrogen and oxygen atoms in total. The summed E-state index contributed by atoms with van der Waals surface area (Å²) in [6.07, 6.45) is 1.51. The van der Waals surface area contributed by atoms with Crippen molar-refractivity contribution in [3.63, 3.8) is 0 Å². The second-order valence-electron chi connectivity index (χ2n) is 4.29. The molecule has 0 aliphatic rings. The number of aromatic nitrogens is 1. The minimum Gasteiger partial charge on any atom is -0.465 e. The van der Waals surface area contributed by atoms with Crippen molar-refractivity contribution in [2.75, 3.05) is 11.8 Å². The standard InChI is InChI=1S/C14H14N2O4S/c1-10-4-3-9-15-13(10)16-21(18,19)12-7-5-11(6-8-12)14(17)20-2/h3-9H,1-2H3,(H,15,16). The molecule has 1 heterocycles. The summed E-state index contributed by atoms with van der Waals surface area (Å²) < 4.78 is 31.4. The van der Waals surface area contributed by atoms with Crippen molar-refractivity contribution in [1.82, 2.24) is 4.98 Å². The predicted octanol–water partition coefficient (Wildman–Crippen LogP) is 1.98. The Morgan fingerprint density at radius 2 is 1.86 bits per heavy atom. The number of sulfonamides is 1. The minimum absolute atomic E-state index is 0.0419. The second-order valence-corrected chi connectivity index (χ2v) is 5.97. The van der Waals surface area contributed by atoms with E-state index in [9.17, 15) is 13.2 Å². The van der Waals surface area contributed by atoms with Crippen LogP contribution in [0.15, 0.2) is 47.5 Å². The number of anilines is 1. The third kappa shape index (κ3) is 3.38. The molecular formula is C14H14N2O4S. The van der Waals surface area contributed by atoms with Gasteiger partial charge in [-0.2, -0.15) is 0 Å². The van der Waals surface area contributed by atoms with Crippen molar-refractivity contribution in [3.8, 4) is 0 Å². The number of esters is 1. The van der Waals surface area contributed by atoms with Gasteiger partial charge in [0.05, 0.1) is 17.6 Å². The van der Waals surface area contributed by atoms with Crippen LogP contribution in [0.2, 0.25) is 0 Å². The van der Waals surface area contributed by atoms with E-state index in [2.05, 4.69) is 14.4 Å². The van der Waals surface area contributed by atoms with Gasteiger partial charge in [0, 0.05) is 6.20 Å². The number of carbonyl (C=O) groups excluding carboxylic acids is 1. The maximum Gasteiger partial charge on any atom is 0.337 e. The van der Waals surface area contributed by atoms with Crippen LogP contribution in [0, 0.1) is 6.92 Å². The lowest BCUT2D eigenvalue weighted by atomic mass is 10.2. The molecule has 0 amide bonds. The zero-order chi connectivity index (χ0) is 15.5. The summed E-state index contributed by atoms with van der Waals surface area (Å²) in [6, 6.07) is 8.95. The topological polar surface area (TPSA) is 85.4 Å². The summed E-state index contributed by atoms with van der Waals surface area (Å²) >= 11 is 0. The van der Waals surface area contributed by atoms with Crippen molar-refractivity contribution in [2.45, 2.75) is 11.8 Å². The summed E-state index contributed by atoms with van der Waals surface area (Å²) in [4.78, 5) is 15.3. The molecule has 2 rings (SSSR count). The second kappa shape index (κ2) is 5.92. The Labute approximate surface area is 122 Å². The van der Waals surface area contributed by atoms with E-state index in [0.29, 0.717) is 5.56 Å². The molecular weight excluding hydrogens is 292 g/mol. The molecule has 0 aliphatic carbocycles. The van der Waals surface area contributed by atoms with Crippen LogP contribution in [0.5, 0.6) is 0 Å². The molecule has 1 aromatic heterocycles. The zero-order valence-corrected chi connectivity index (χ0v) is 12.3. The Morgan fingerprint density at radius 3 is 2.43 bits per heavy atom. The van der Waals surface area contributed by atoms with Crippen LogP contribution in [0.3, 0.4) is 0 Å². The van der Waals surface area contributed by atoms with Crippen LogP contribution in [-0.2, 0) is 14.8 Å². The van der Waals surface area contributed by atoms with Gasteiger partial charge >= 0.3 is 5.97 Å². The van der Waals surface area contributed by atoms with E-state index >= 15 is 0 Å². The number of benzene rings is 1. The minimum atomic E-state index is -3.75. The van der Waals surface area contributed by atoms with Gasteiger partial charge in [-0.15, -0.1) is 0 Å². The molecule has 0 saturated heterocycles. The van der Waals surface area contributed by atoms with E-state index in [-0.39, 0.29) is 16.3 Å². The number of hydrogen-bond donors (Lipinski definition) is 1. The molecule has 21 heavy (non-hydrogen) atoms. The van der Waals surface area contributed by atoms with Gasteiger partial charge in [-0.05, 0) is 42.8 Å². The molecule has 1 N–H and O–H groups in total. The third-order valence-corrected chi connectivity index (χ3v) is 4.18. The Bertz CT molecular complexity index is 755. The number of methoxy groups -OCH3 is 1. The highest BCUT2D eigenvalue weighted by Gasteiger charge is 2.16. The van der Waals surface area contributed by atoms with Gasteiger partial charge < -0.3 is 4.74 Å². The first-order valence-electron chi connectivity index (χ1n) is 6.07. The van der Waals surface area contributed by atoms with E-state index in [4.69, 9.17) is 0 Å². The molecule has 0 fully saturated rings. The number of nitrogens with zero attached hydrogens (tertiary/aromatic N) is 1. The van der Waals surface area contributed by atoms with Gasteiger partial charge in [0.1, 0.15) is 5.82 Å². The van der Waals surface area contributed by atoms with Crippen molar-refractivity contribution < 1.29 is 17.9 Å². The molecule has 1 aromatic carbocycles. The van der Waals surface area contributed by atoms with Crippen LogP contribution in [0.1, 0.15) is 15.9 Å². The quantitative estimate of drug-likeness (QED) is 0.873. The fraction of sp³-hybridized carbons (Fsp3) is 0.143. The number of rotatable bonds is 4. The van der Waals surface area contributed by atoms with Gasteiger partial charge in [-0.3, -0.25) is 4.72 Å². The molecule has 0 radical (unpaired) electrons. The highest BCUT2D eigenvalue weighted by Crippen LogP contribution is 2.17. The van der Waals surface area contributed by atoms with E-state index in [1.165, 1.54) is 37.6 Å². The molecule has 0 atom stereocenters. The SMILES string of the molecule is COC(=O)c1ccc(S(=O)(=O)Nc2ncccc2C)cc1. The van der Waals surface area contributed by atoms with Gasteiger partial charge in [0.25, 0.3) is 10.0 Å². The molecule has 7 heteroatoms. The van der Waals surface area contributed by atoms with Gasteiger partial charge in [0.15, 0.2) is 0 Å². The average Bonchev–Trinajstić information content (AvgIpc) is 2.49. The maximum absolute atomic E-state index is 12.2. The summed E-state index contributed by atoms with van der Waals surface area (Å²) in [5.74, 6) is -0.248. The molecule has 0 aliphatic heterocycles. The first kappa shape index (κ1) is 15.0. The summed E-state index contributed by atoms with van der Waals surface area (Å²) in [5, 5.41) is 0. The lowest BCUT2D eigenvalue weighted by Gasteiger charge is -2.09. The Hall–Kier alpha value is -2.41. The fourth-order valence-electron chi connectivity index (χ4n) is 1.67. The van der Waals surface area contributed by atoms with E-state index in [0.717, 1.165) is 0 Å². The van der Waals surface area contributed by atoms with Crippen molar-refractivity contribution in [2.24, 2.45) is 0 Å². The van der Waals surface area contributed by atoms with Gasteiger partial charge in [-0.25, -0.2) is 18.2 Å². The number of hydrogen-bond acceptors (Lipinski definition) is 5. The first-order valence-corrected chi connectivity index (χ1v) is 7.55. The van der Waals surface area contributed by atoms with Crippen LogP contribution in [-0.4, -0.2) is 26.5 Å². The number of ether oxygens (including phenoxy) is 1. The number of nitrogens with one attached hydrogen (secondary N) is 1. The third-order valence-electron chi connectivity index (χ3n) is 2.83. The Morgan fingerprint density at radius 1 is 1.19 bits per heavy atom. The van der Waals surface area contributed by atoms with E-state index in [1.807, 2.05) is 0 Å². The van der Waals surface area contributed by atoms with Crippen LogP contribution in [0.25, 0.3) is 0 Å². The number of carbonyl (C=O) groups is 1. The zero-order valence-electron chi connectivity index (χ0n) is 11.5. The monoisotopic (exact) mass is 306 g/mol. The first-order chi connectivity index (χ1) is 9.94. The van der Waals surface area contributed by atoms with Crippen LogP contribution >= 0.6 is 0 Å². The van der Waals surface area contributed by atoms with Crippen molar-refractivity contribution >= 4 is 21.8 Å². The number of aryl methyl sites for hydroxylation is 1. The normalized spacial score (nSPS) is 11.0. The smallest absolute Gasteiger partial charge is 0.337 e. The number of pyridine rings is 1. The fourth-order valence-corrected chi connectivity index (χ4v) is 2.75. The molecule has 2 aromatic rings. The summed E-state index contributed by atoms with van der Waals surface area (Å²) in [7, 11) is -2.49. The Kier molecular flexibility index (Phi) is 4.23. The van der Waals surface area contributed by atoms with Crippen LogP contribution in [0.4, 0.5) is 5.82 Å². The van der Waals surface area contributed by atoms with E-state index < -0.39 is 16.0 Å². The van der Waals surface area contributed by atoms with Crippen molar-refractivity contribution in [3.05, 3.63) is 53.7 Å². The molecule has 0 spiro atoms. The predicted molar refractivity (Wildman–Crippen MR) is 77.6 cm³/mol. The lowest BCUT2D eigenvalue weighted by molar-refractivity contribution is 0.0600. The molecule has 0 saturated carbocycles. The van der Waals surface area contributed by atoms with Gasteiger partial charge in [0.2, 0.25) is 0 Å². The summed E-state index contributed by atoms with van der Waals surface area (Å²) in [6.45, 7) is 1.76. The highest BCUT2D eigenvalue weighted by atomic mass is 32.2. The molecule has 110 valence electrons. The molecule has 0 unspecified atom stereocenters. The van der Waals surface area contributed by atoms with Gasteiger partial charge in [-0.1, -0.05) is 6.07 Å². The molecule has 0 bridgehead atoms. The average molecular weight is 306 g/mol. The summed E-state index contributed by atoms with van der Waals surface area (Å²) in [5.41, 5.74) is 0.998. The van der Waals surface area contributed by atoms with Crippen LogP contribution < -0.4 is 4.72 Å². The van der Waals surface area contributed by atoms with E-state index in [1.54, 1.807) is 19.1 Å². The lowest BCUT2D eigenvalue weighted by Crippen LogP contribution is -2.15.